The highest BCUT2D eigenvalue weighted by atomic mass is 16.5. The first-order valence-electron chi connectivity index (χ1n) is 5.69. The van der Waals surface area contributed by atoms with Gasteiger partial charge in [0.2, 0.25) is 0 Å². The van der Waals surface area contributed by atoms with Crippen LogP contribution < -0.4 is 0 Å². The van der Waals surface area contributed by atoms with Crippen LogP contribution in [0.3, 0.4) is 0 Å². The largest absolute Gasteiger partial charge is 0.481 e. The minimum absolute atomic E-state index is 0.174. The maximum atomic E-state index is 11.0. The second-order valence-corrected chi connectivity index (χ2v) is 4.41. The summed E-state index contributed by atoms with van der Waals surface area (Å²) in [5.41, 5.74) is 0. The minimum atomic E-state index is -0.846. The van der Waals surface area contributed by atoms with Crippen molar-refractivity contribution in [1.29, 1.82) is 0 Å². The summed E-state index contributed by atoms with van der Waals surface area (Å²) in [4.78, 5) is 11.0. The van der Waals surface area contributed by atoms with Crippen molar-refractivity contribution in [1.82, 2.24) is 20.2 Å². The lowest BCUT2D eigenvalue weighted by molar-refractivity contribution is -0.142. The molecule has 1 N–H and O–H groups in total. The normalized spacial score (nSPS) is 23.5. The van der Waals surface area contributed by atoms with Crippen molar-refractivity contribution in [2.45, 2.75) is 32.2 Å². The maximum Gasteiger partial charge on any atom is 0.308 e. The molecule has 17 heavy (non-hydrogen) atoms. The second-order valence-electron chi connectivity index (χ2n) is 4.41. The van der Waals surface area contributed by atoms with E-state index in [2.05, 4.69) is 15.5 Å². The van der Waals surface area contributed by atoms with E-state index in [0.717, 1.165) is 12.2 Å². The summed E-state index contributed by atoms with van der Waals surface area (Å²) in [5.74, 6) is -0.474. The SMILES string of the molecule is CC(C(=O)O)C(C)n1nnnc1C1CCOC1. The predicted molar refractivity (Wildman–Crippen MR) is 57.5 cm³/mol. The number of rotatable bonds is 4. The number of hydrogen-bond donors (Lipinski definition) is 1. The summed E-state index contributed by atoms with van der Waals surface area (Å²) < 4.78 is 6.91. The van der Waals surface area contributed by atoms with Gasteiger partial charge in [-0.2, -0.15) is 0 Å². The lowest BCUT2D eigenvalue weighted by atomic mass is 10.0. The van der Waals surface area contributed by atoms with Crippen LogP contribution in [0, 0.1) is 5.92 Å². The van der Waals surface area contributed by atoms with Crippen LogP contribution >= 0.6 is 0 Å². The first-order valence-corrected chi connectivity index (χ1v) is 5.69. The molecular weight excluding hydrogens is 224 g/mol. The Morgan fingerprint density at radius 2 is 2.35 bits per heavy atom. The van der Waals surface area contributed by atoms with Crippen LogP contribution in [0.4, 0.5) is 0 Å². The van der Waals surface area contributed by atoms with Gasteiger partial charge < -0.3 is 9.84 Å². The van der Waals surface area contributed by atoms with Gasteiger partial charge in [0.15, 0.2) is 5.82 Å². The Hall–Kier alpha value is -1.50. The maximum absolute atomic E-state index is 11.0. The summed E-state index contributed by atoms with van der Waals surface area (Å²) in [6.07, 6.45) is 0.883. The molecule has 1 aliphatic rings. The number of nitrogens with zero attached hydrogens (tertiary/aromatic N) is 4. The smallest absolute Gasteiger partial charge is 0.308 e. The fraction of sp³-hybridized carbons (Fsp3) is 0.800. The van der Waals surface area contributed by atoms with Gasteiger partial charge in [0.25, 0.3) is 0 Å². The van der Waals surface area contributed by atoms with Gasteiger partial charge in [0.1, 0.15) is 0 Å². The number of aromatic nitrogens is 4. The molecule has 2 rings (SSSR count). The third kappa shape index (κ3) is 2.28. The summed E-state index contributed by atoms with van der Waals surface area (Å²) in [7, 11) is 0. The van der Waals surface area contributed by atoms with Gasteiger partial charge in [-0.1, -0.05) is 0 Å². The Morgan fingerprint density at radius 1 is 1.59 bits per heavy atom. The van der Waals surface area contributed by atoms with Crippen LogP contribution in [0.25, 0.3) is 0 Å². The Morgan fingerprint density at radius 3 is 2.94 bits per heavy atom. The van der Waals surface area contributed by atoms with Crippen LogP contribution in [0.1, 0.15) is 38.1 Å². The highest BCUT2D eigenvalue weighted by molar-refractivity contribution is 5.70. The highest BCUT2D eigenvalue weighted by Crippen LogP contribution is 2.26. The molecule has 1 aromatic heterocycles. The molecule has 94 valence electrons. The molecule has 0 bridgehead atoms. The molecule has 0 aromatic carbocycles. The molecule has 0 amide bonds. The zero-order valence-electron chi connectivity index (χ0n) is 9.91. The van der Waals surface area contributed by atoms with Crippen LogP contribution in [0.2, 0.25) is 0 Å². The van der Waals surface area contributed by atoms with Crippen molar-refractivity contribution in [3.63, 3.8) is 0 Å². The monoisotopic (exact) mass is 240 g/mol. The fourth-order valence-corrected chi connectivity index (χ4v) is 1.92. The topological polar surface area (TPSA) is 90.1 Å². The van der Waals surface area contributed by atoms with Crippen LogP contribution in [-0.4, -0.2) is 44.5 Å². The number of hydrogen-bond acceptors (Lipinski definition) is 5. The third-order valence-corrected chi connectivity index (χ3v) is 3.31. The number of carboxylic acids is 1. The summed E-state index contributed by atoms with van der Waals surface area (Å²) in [5, 5.41) is 20.5. The van der Waals surface area contributed by atoms with Crippen LogP contribution in [0.15, 0.2) is 0 Å². The van der Waals surface area contributed by atoms with Crippen LogP contribution in [-0.2, 0) is 9.53 Å². The van der Waals surface area contributed by atoms with E-state index >= 15 is 0 Å². The molecule has 0 saturated carbocycles. The van der Waals surface area contributed by atoms with Crippen molar-refractivity contribution in [3.05, 3.63) is 5.82 Å². The Labute approximate surface area is 98.8 Å². The van der Waals surface area contributed by atoms with Crippen molar-refractivity contribution < 1.29 is 14.6 Å². The lowest BCUT2D eigenvalue weighted by Gasteiger charge is -2.18. The Bertz CT molecular complexity index is 400. The highest BCUT2D eigenvalue weighted by Gasteiger charge is 2.29. The quantitative estimate of drug-likeness (QED) is 0.822. The van der Waals surface area contributed by atoms with Crippen LogP contribution in [0.5, 0.6) is 0 Å². The molecule has 7 heteroatoms. The summed E-state index contributed by atoms with van der Waals surface area (Å²) >= 11 is 0. The van der Waals surface area contributed by atoms with Gasteiger partial charge in [0.05, 0.1) is 18.6 Å². The molecule has 1 saturated heterocycles. The van der Waals surface area contributed by atoms with Gasteiger partial charge in [0, 0.05) is 12.5 Å². The second kappa shape index (κ2) is 4.79. The molecule has 0 radical (unpaired) electrons. The number of carbonyl (C=O) groups is 1. The van der Waals surface area contributed by atoms with E-state index in [1.54, 1.807) is 11.6 Å². The van der Waals surface area contributed by atoms with Crippen molar-refractivity contribution in [3.8, 4) is 0 Å². The zero-order valence-corrected chi connectivity index (χ0v) is 9.91. The van der Waals surface area contributed by atoms with Crippen molar-refractivity contribution >= 4 is 5.97 Å². The Kier molecular flexibility index (Phi) is 3.37. The molecule has 1 fully saturated rings. The molecule has 3 unspecified atom stereocenters. The minimum Gasteiger partial charge on any atom is -0.481 e. The average Bonchev–Trinajstić information content (AvgIpc) is 2.96. The zero-order chi connectivity index (χ0) is 12.4. The molecule has 7 nitrogen and oxygen atoms in total. The van der Waals surface area contributed by atoms with Gasteiger partial charge in [-0.3, -0.25) is 4.79 Å². The molecule has 0 aliphatic carbocycles. The van der Waals surface area contributed by atoms with E-state index in [1.165, 1.54) is 0 Å². The standard InChI is InChI=1S/C10H16N4O3/c1-6(10(15)16)7(2)14-9(11-12-13-14)8-3-4-17-5-8/h6-8H,3-5H2,1-2H3,(H,15,16). The summed E-state index contributed by atoms with van der Waals surface area (Å²) in [6, 6.07) is -0.266. The Balaban J connectivity index is 2.20. The van der Waals surface area contributed by atoms with E-state index in [1.807, 2.05) is 6.92 Å². The lowest BCUT2D eigenvalue weighted by Crippen LogP contribution is -2.25. The van der Waals surface area contributed by atoms with Crippen molar-refractivity contribution in [2.24, 2.45) is 5.92 Å². The first kappa shape index (κ1) is 12.0. The number of aliphatic carboxylic acids is 1. The molecule has 2 heterocycles. The molecule has 1 aliphatic heterocycles. The predicted octanol–water partition coefficient (Wildman–Crippen LogP) is 0.459. The first-order chi connectivity index (χ1) is 8.11. The van der Waals surface area contributed by atoms with E-state index in [4.69, 9.17) is 9.84 Å². The van der Waals surface area contributed by atoms with Gasteiger partial charge in [-0.25, -0.2) is 4.68 Å². The van der Waals surface area contributed by atoms with E-state index in [-0.39, 0.29) is 12.0 Å². The third-order valence-electron chi connectivity index (χ3n) is 3.31. The van der Waals surface area contributed by atoms with E-state index < -0.39 is 11.9 Å². The number of carboxylic acid groups (broad SMARTS) is 1. The molecule has 1 aromatic rings. The average molecular weight is 240 g/mol. The number of tetrazole rings is 1. The van der Waals surface area contributed by atoms with E-state index in [0.29, 0.717) is 13.2 Å². The van der Waals surface area contributed by atoms with Crippen molar-refractivity contribution in [2.75, 3.05) is 13.2 Å². The molecule has 3 atom stereocenters. The fourth-order valence-electron chi connectivity index (χ4n) is 1.92. The molecule has 0 spiro atoms. The van der Waals surface area contributed by atoms with Gasteiger partial charge in [-0.05, 0) is 30.7 Å². The number of ether oxygens (including phenoxy) is 1. The van der Waals surface area contributed by atoms with Gasteiger partial charge >= 0.3 is 5.97 Å². The van der Waals surface area contributed by atoms with E-state index in [9.17, 15) is 4.79 Å². The van der Waals surface area contributed by atoms with Gasteiger partial charge in [-0.15, -0.1) is 5.10 Å². The summed E-state index contributed by atoms with van der Waals surface area (Å²) in [6.45, 7) is 4.78. The molecular formula is C10H16N4O3.